The first-order chi connectivity index (χ1) is 10.1. The summed E-state index contributed by atoms with van der Waals surface area (Å²) in [5, 5.41) is 11.0. The molecular weight excluding hydrogens is 266 g/mol. The minimum Gasteiger partial charge on any atom is -0.327 e. The van der Waals surface area contributed by atoms with Gasteiger partial charge in [0.2, 0.25) is 0 Å². The Bertz CT molecular complexity index is 492. The first-order valence-electron chi connectivity index (χ1n) is 7.80. The molecule has 1 aliphatic heterocycles. The maximum atomic E-state index is 11.0. The third kappa shape index (κ3) is 3.60. The molecule has 2 N–H and O–H groups in total. The summed E-state index contributed by atoms with van der Waals surface area (Å²) in [6.45, 7) is 6.28. The molecule has 1 fully saturated rings. The lowest BCUT2D eigenvalue weighted by Gasteiger charge is -2.41. The summed E-state index contributed by atoms with van der Waals surface area (Å²) in [4.78, 5) is 13.1. The number of piperidine rings is 1. The van der Waals surface area contributed by atoms with Crippen LogP contribution in [0.5, 0.6) is 0 Å². The van der Waals surface area contributed by atoms with Gasteiger partial charge in [-0.05, 0) is 24.3 Å². The average molecular weight is 291 g/mol. The van der Waals surface area contributed by atoms with Gasteiger partial charge in [-0.2, -0.15) is 0 Å². The van der Waals surface area contributed by atoms with Crippen LogP contribution in [0.25, 0.3) is 0 Å². The first kappa shape index (κ1) is 15.9. The molecule has 1 heterocycles. The van der Waals surface area contributed by atoms with Crippen LogP contribution in [0.2, 0.25) is 0 Å². The van der Waals surface area contributed by atoms with Crippen molar-refractivity contribution in [2.45, 2.75) is 45.2 Å². The number of nitro benzene ring substituents is 1. The van der Waals surface area contributed by atoms with Gasteiger partial charge in [0.05, 0.1) is 4.92 Å². The summed E-state index contributed by atoms with van der Waals surface area (Å²) in [7, 11) is 0. The van der Waals surface area contributed by atoms with Crippen LogP contribution in [0.3, 0.4) is 0 Å². The maximum Gasteiger partial charge on any atom is 0.269 e. The molecule has 5 heteroatoms. The van der Waals surface area contributed by atoms with Crippen LogP contribution < -0.4 is 5.73 Å². The van der Waals surface area contributed by atoms with Gasteiger partial charge in [-0.1, -0.05) is 32.4 Å². The number of rotatable bonds is 5. The second-order valence-electron chi connectivity index (χ2n) is 5.89. The number of benzene rings is 1. The molecule has 1 aromatic carbocycles. The number of non-ortho nitro benzene ring substituents is 1. The predicted octanol–water partition coefficient (Wildman–Crippen LogP) is 3.11. The number of nitrogens with two attached hydrogens (primary N) is 1. The largest absolute Gasteiger partial charge is 0.327 e. The third-order valence-corrected chi connectivity index (χ3v) is 4.64. The van der Waals surface area contributed by atoms with E-state index in [0.717, 1.165) is 37.9 Å². The highest BCUT2D eigenvalue weighted by molar-refractivity contribution is 5.35. The molecule has 0 bridgehead atoms. The Labute approximate surface area is 126 Å². The van der Waals surface area contributed by atoms with E-state index < -0.39 is 0 Å². The van der Waals surface area contributed by atoms with E-state index in [-0.39, 0.29) is 22.7 Å². The van der Waals surface area contributed by atoms with Crippen LogP contribution in [0, 0.1) is 16.0 Å². The Morgan fingerprint density at radius 3 is 2.86 bits per heavy atom. The van der Waals surface area contributed by atoms with Gasteiger partial charge < -0.3 is 5.73 Å². The second-order valence-corrected chi connectivity index (χ2v) is 5.89. The van der Waals surface area contributed by atoms with Gasteiger partial charge in [0.25, 0.3) is 5.69 Å². The van der Waals surface area contributed by atoms with Crippen molar-refractivity contribution in [2.24, 2.45) is 11.7 Å². The number of hydrogen-bond acceptors (Lipinski definition) is 4. The van der Waals surface area contributed by atoms with Gasteiger partial charge in [0, 0.05) is 37.3 Å². The van der Waals surface area contributed by atoms with Crippen LogP contribution >= 0.6 is 0 Å². The molecule has 0 amide bonds. The Morgan fingerprint density at radius 1 is 1.48 bits per heavy atom. The normalized spacial score (nSPS) is 24.7. The molecule has 0 radical (unpaired) electrons. The second kappa shape index (κ2) is 7.00. The monoisotopic (exact) mass is 291 g/mol. The summed E-state index contributed by atoms with van der Waals surface area (Å²) in [5.74, 6) is 0.520. The summed E-state index contributed by atoms with van der Waals surface area (Å²) in [5.41, 5.74) is 7.39. The fourth-order valence-corrected chi connectivity index (χ4v) is 3.34. The zero-order valence-corrected chi connectivity index (χ0v) is 12.9. The van der Waals surface area contributed by atoms with E-state index in [0.29, 0.717) is 5.92 Å². The van der Waals surface area contributed by atoms with Crippen LogP contribution in [0.1, 0.15) is 44.7 Å². The van der Waals surface area contributed by atoms with Crippen LogP contribution in [0.4, 0.5) is 5.69 Å². The molecule has 2 rings (SSSR count). The van der Waals surface area contributed by atoms with E-state index in [4.69, 9.17) is 5.73 Å². The van der Waals surface area contributed by atoms with Crippen LogP contribution in [-0.4, -0.2) is 29.0 Å². The van der Waals surface area contributed by atoms with E-state index in [1.807, 2.05) is 6.07 Å². The van der Waals surface area contributed by atoms with Crippen molar-refractivity contribution in [2.75, 3.05) is 13.1 Å². The standard InChI is InChI=1S/C16H25N3O2/c1-3-12-11-18(9-8-15(12)17)16(4-2)13-6-5-7-14(10-13)19(20)21/h5-7,10,12,15-16H,3-4,8-9,11,17H2,1-2H3. The van der Waals surface area contributed by atoms with Crippen molar-refractivity contribution < 1.29 is 4.92 Å². The minimum atomic E-state index is -0.322. The molecule has 0 spiro atoms. The number of hydrogen-bond donors (Lipinski definition) is 1. The molecule has 21 heavy (non-hydrogen) atoms. The summed E-state index contributed by atoms with van der Waals surface area (Å²) >= 11 is 0. The molecule has 3 unspecified atom stereocenters. The highest BCUT2D eigenvalue weighted by atomic mass is 16.6. The minimum absolute atomic E-state index is 0.173. The van der Waals surface area contributed by atoms with Crippen molar-refractivity contribution >= 4 is 5.69 Å². The molecule has 0 aromatic heterocycles. The molecule has 1 saturated heterocycles. The first-order valence-corrected chi connectivity index (χ1v) is 7.80. The number of nitro groups is 1. The maximum absolute atomic E-state index is 11.0. The van der Waals surface area contributed by atoms with E-state index in [1.165, 1.54) is 0 Å². The Morgan fingerprint density at radius 2 is 2.24 bits per heavy atom. The lowest BCUT2D eigenvalue weighted by atomic mass is 9.88. The van der Waals surface area contributed by atoms with E-state index in [2.05, 4.69) is 18.7 Å². The van der Waals surface area contributed by atoms with E-state index >= 15 is 0 Å². The van der Waals surface area contributed by atoms with E-state index in [9.17, 15) is 10.1 Å². The van der Waals surface area contributed by atoms with Crippen LogP contribution in [-0.2, 0) is 0 Å². The zero-order valence-electron chi connectivity index (χ0n) is 12.9. The van der Waals surface area contributed by atoms with Crippen molar-refractivity contribution in [3.05, 3.63) is 39.9 Å². The molecule has 3 atom stereocenters. The Kier molecular flexibility index (Phi) is 5.31. The summed E-state index contributed by atoms with van der Waals surface area (Å²) < 4.78 is 0. The van der Waals surface area contributed by atoms with Crippen LogP contribution in [0.15, 0.2) is 24.3 Å². The lowest BCUT2D eigenvalue weighted by Crippen LogP contribution is -2.47. The van der Waals surface area contributed by atoms with Crippen molar-refractivity contribution in [1.82, 2.24) is 4.90 Å². The fraction of sp³-hybridized carbons (Fsp3) is 0.625. The number of likely N-dealkylation sites (tertiary alicyclic amines) is 1. The highest BCUT2D eigenvalue weighted by Gasteiger charge is 2.30. The Balaban J connectivity index is 2.19. The molecule has 5 nitrogen and oxygen atoms in total. The third-order valence-electron chi connectivity index (χ3n) is 4.64. The van der Waals surface area contributed by atoms with Crippen molar-refractivity contribution in [3.8, 4) is 0 Å². The van der Waals surface area contributed by atoms with E-state index in [1.54, 1.807) is 18.2 Å². The molecule has 0 saturated carbocycles. The zero-order chi connectivity index (χ0) is 15.4. The predicted molar refractivity (Wildman–Crippen MR) is 84.1 cm³/mol. The molecule has 1 aromatic rings. The Hall–Kier alpha value is -1.46. The number of nitrogens with zero attached hydrogens (tertiary/aromatic N) is 2. The molecule has 116 valence electrons. The fourth-order valence-electron chi connectivity index (χ4n) is 3.34. The van der Waals surface area contributed by atoms with Gasteiger partial charge >= 0.3 is 0 Å². The van der Waals surface area contributed by atoms with Crippen molar-refractivity contribution in [3.63, 3.8) is 0 Å². The summed E-state index contributed by atoms with van der Waals surface area (Å²) in [6, 6.07) is 7.57. The van der Waals surface area contributed by atoms with Gasteiger partial charge in [-0.3, -0.25) is 15.0 Å². The van der Waals surface area contributed by atoms with Gasteiger partial charge in [-0.15, -0.1) is 0 Å². The van der Waals surface area contributed by atoms with Gasteiger partial charge in [-0.25, -0.2) is 0 Å². The molecule has 1 aliphatic rings. The lowest BCUT2D eigenvalue weighted by molar-refractivity contribution is -0.385. The molecule has 0 aliphatic carbocycles. The SMILES string of the molecule is CCC1CN(C(CC)c2cccc([N+](=O)[O-])c2)CCC1N. The smallest absolute Gasteiger partial charge is 0.269 e. The average Bonchev–Trinajstić information content (AvgIpc) is 2.50. The van der Waals surface area contributed by atoms with Crippen molar-refractivity contribution in [1.29, 1.82) is 0 Å². The molecular formula is C16H25N3O2. The highest BCUT2D eigenvalue weighted by Crippen LogP contribution is 2.31. The summed E-state index contributed by atoms with van der Waals surface area (Å²) in [6.07, 6.45) is 3.04. The van der Waals surface area contributed by atoms with Gasteiger partial charge in [0.1, 0.15) is 0 Å². The quantitative estimate of drug-likeness (QED) is 0.668. The van der Waals surface area contributed by atoms with Gasteiger partial charge in [0.15, 0.2) is 0 Å². The topological polar surface area (TPSA) is 72.4 Å².